The standard InChI is InChI=1S/C11H15ClN4O2/c1-6-8(12)15-10(7-2-3-7)16-9(6)14-4-5-18-11(13)17/h7H,2-5H2,1H3,(H2,13,17)(H,14,15,16). The first kappa shape index (κ1) is 12.9. The normalized spacial score (nSPS) is 14.3. The third-order valence-corrected chi connectivity index (χ3v) is 3.05. The molecule has 3 N–H and O–H groups in total. The summed E-state index contributed by atoms with van der Waals surface area (Å²) in [4.78, 5) is 19.1. The molecule has 1 aliphatic carbocycles. The van der Waals surface area contributed by atoms with E-state index >= 15 is 0 Å². The number of amides is 1. The summed E-state index contributed by atoms with van der Waals surface area (Å²) >= 11 is 6.06. The number of carbonyl (C=O) groups excluding carboxylic acids is 1. The van der Waals surface area contributed by atoms with Crippen molar-refractivity contribution in [2.45, 2.75) is 25.7 Å². The number of hydrogen-bond donors (Lipinski definition) is 2. The maximum absolute atomic E-state index is 10.4. The van der Waals surface area contributed by atoms with Crippen LogP contribution >= 0.6 is 11.6 Å². The first-order chi connectivity index (χ1) is 8.58. The van der Waals surface area contributed by atoms with Crippen LogP contribution in [-0.2, 0) is 4.74 Å². The largest absolute Gasteiger partial charge is 0.448 e. The number of carbonyl (C=O) groups is 1. The summed E-state index contributed by atoms with van der Waals surface area (Å²) < 4.78 is 4.62. The fourth-order valence-corrected chi connectivity index (χ4v) is 1.70. The Morgan fingerprint density at radius 1 is 1.56 bits per heavy atom. The van der Waals surface area contributed by atoms with Crippen LogP contribution in [0.15, 0.2) is 0 Å². The first-order valence-corrected chi connectivity index (χ1v) is 6.16. The van der Waals surface area contributed by atoms with E-state index in [-0.39, 0.29) is 6.61 Å². The zero-order valence-electron chi connectivity index (χ0n) is 10.1. The number of nitrogens with zero attached hydrogens (tertiary/aromatic N) is 2. The zero-order valence-corrected chi connectivity index (χ0v) is 10.8. The van der Waals surface area contributed by atoms with Crippen molar-refractivity contribution >= 4 is 23.5 Å². The molecule has 6 nitrogen and oxygen atoms in total. The average Bonchev–Trinajstić information content (AvgIpc) is 3.13. The summed E-state index contributed by atoms with van der Waals surface area (Å²) in [6, 6.07) is 0. The van der Waals surface area contributed by atoms with Gasteiger partial charge in [0.05, 0.1) is 6.54 Å². The van der Waals surface area contributed by atoms with E-state index in [2.05, 4.69) is 20.0 Å². The lowest BCUT2D eigenvalue weighted by Crippen LogP contribution is -2.19. The average molecular weight is 271 g/mol. The van der Waals surface area contributed by atoms with Gasteiger partial charge in [-0.1, -0.05) is 11.6 Å². The molecule has 1 aromatic heterocycles. The lowest BCUT2D eigenvalue weighted by atomic mass is 10.3. The predicted octanol–water partition coefficient (Wildman–Crippen LogP) is 1.82. The topological polar surface area (TPSA) is 90.1 Å². The number of nitrogens with two attached hydrogens (primary N) is 1. The van der Waals surface area contributed by atoms with Gasteiger partial charge in [0, 0.05) is 11.5 Å². The third-order valence-electron chi connectivity index (χ3n) is 2.69. The molecule has 1 amide bonds. The molecule has 1 aliphatic rings. The SMILES string of the molecule is Cc1c(Cl)nc(C2CC2)nc1NCCOC(N)=O. The van der Waals surface area contributed by atoms with Crippen molar-refractivity contribution < 1.29 is 9.53 Å². The van der Waals surface area contributed by atoms with Crippen molar-refractivity contribution in [2.24, 2.45) is 5.73 Å². The van der Waals surface area contributed by atoms with Gasteiger partial charge in [0.15, 0.2) is 0 Å². The van der Waals surface area contributed by atoms with Crippen molar-refractivity contribution in [2.75, 3.05) is 18.5 Å². The molecule has 1 aromatic rings. The molecule has 2 rings (SSSR count). The minimum absolute atomic E-state index is 0.190. The summed E-state index contributed by atoms with van der Waals surface area (Å²) in [5, 5.41) is 3.53. The maximum atomic E-state index is 10.4. The molecule has 0 aliphatic heterocycles. The fraction of sp³-hybridized carbons (Fsp3) is 0.545. The molecular weight excluding hydrogens is 256 g/mol. The monoisotopic (exact) mass is 270 g/mol. The molecular formula is C11H15ClN4O2. The molecule has 1 saturated carbocycles. The van der Waals surface area contributed by atoms with E-state index in [1.807, 2.05) is 6.92 Å². The summed E-state index contributed by atoms with van der Waals surface area (Å²) in [6.07, 6.45) is 1.45. The van der Waals surface area contributed by atoms with Crippen LogP contribution in [0, 0.1) is 6.92 Å². The van der Waals surface area contributed by atoms with E-state index in [1.165, 1.54) is 0 Å². The predicted molar refractivity (Wildman–Crippen MR) is 67.8 cm³/mol. The Kier molecular flexibility index (Phi) is 3.86. The molecule has 0 saturated heterocycles. The summed E-state index contributed by atoms with van der Waals surface area (Å²) in [5.41, 5.74) is 5.65. The number of hydrogen-bond acceptors (Lipinski definition) is 5. The lowest BCUT2D eigenvalue weighted by Gasteiger charge is -2.11. The van der Waals surface area contributed by atoms with Crippen LogP contribution in [0.25, 0.3) is 0 Å². The minimum atomic E-state index is -0.784. The molecule has 7 heteroatoms. The van der Waals surface area contributed by atoms with Gasteiger partial charge in [-0.3, -0.25) is 0 Å². The highest BCUT2D eigenvalue weighted by molar-refractivity contribution is 6.30. The third kappa shape index (κ3) is 3.22. The van der Waals surface area contributed by atoms with Gasteiger partial charge in [-0.05, 0) is 19.8 Å². The van der Waals surface area contributed by atoms with Gasteiger partial charge in [-0.25, -0.2) is 14.8 Å². The van der Waals surface area contributed by atoms with E-state index < -0.39 is 6.09 Å². The fourth-order valence-electron chi connectivity index (χ4n) is 1.52. The molecule has 98 valence electrons. The van der Waals surface area contributed by atoms with Crippen LogP contribution in [0.4, 0.5) is 10.6 Å². The first-order valence-electron chi connectivity index (χ1n) is 5.78. The Labute approximate surface area is 110 Å². The van der Waals surface area contributed by atoms with E-state index in [9.17, 15) is 4.79 Å². The second kappa shape index (κ2) is 5.39. The van der Waals surface area contributed by atoms with Crippen LogP contribution in [-0.4, -0.2) is 29.2 Å². The van der Waals surface area contributed by atoms with Gasteiger partial charge < -0.3 is 15.8 Å². The van der Waals surface area contributed by atoms with Gasteiger partial charge in [0.25, 0.3) is 0 Å². The Bertz CT molecular complexity index is 463. The molecule has 18 heavy (non-hydrogen) atoms. The summed E-state index contributed by atoms with van der Waals surface area (Å²) in [7, 11) is 0. The van der Waals surface area contributed by atoms with Crippen LogP contribution in [0.5, 0.6) is 0 Å². The maximum Gasteiger partial charge on any atom is 0.404 e. The number of rotatable bonds is 5. The molecule has 0 bridgehead atoms. The summed E-state index contributed by atoms with van der Waals surface area (Å²) in [6.45, 7) is 2.46. The smallest absolute Gasteiger partial charge is 0.404 e. The Morgan fingerprint density at radius 2 is 2.28 bits per heavy atom. The number of nitrogens with one attached hydrogen (secondary N) is 1. The number of ether oxygens (including phenoxy) is 1. The molecule has 0 unspecified atom stereocenters. The molecule has 0 aromatic carbocycles. The van der Waals surface area contributed by atoms with Gasteiger partial charge in [-0.2, -0.15) is 0 Å². The van der Waals surface area contributed by atoms with Gasteiger partial charge >= 0.3 is 6.09 Å². The van der Waals surface area contributed by atoms with Gasteiger partial charge in [0.2, 0.25) is 0 Å². The molecule has 0 spiro atoms. The number of anilines is 1. The van der Waals surface area contributed by atoms with Crippen molar-refractivity contribution in [3.05, 3.63) is 16.5 Å². The highest BCUT2D eigenvalue weighted by Gasteiger charge is 2.27. The van der Waals surface area contributed by atoms with E-state index in [4.69, 9.17) is 17.3 Å². The second-order valence-electron chi connectivity index (χ2n) is 4.21. The highest BCUT2D eigenvalue weighted by atomic mass is 35.5. The lowest BCUT2D eigenvalue weighted by molar-refractivity contribution is 0.161. The Balaban J connectivity index is 1.99. The van der Waals surface area contributed by atoms with Crippen molar-refractivity contribution in [1.82, 2.24) is 9.97 Å². The molecule has 0 atom stereocenters. The van der Waals surface area contributed by atoms with Gasteiger partial charge in [0.1, 0.15) is 23.4 Å². The van der Waals surface area contributed by atoms with Crippen LogP contribution in [0.2, 0.25) is 5.15 Å². The summed E-state index contributed by atoms with van der Waals surface area (Å²) in [5.74, 6) is 1.90. The quantitative estimate of drug-likeness (QED) is 0.629. The minimum Gasteiger partial charge on any atom is -0.448 e. The van der Waals surface area contributed by atoms with Crippen molar-refractivity contribution in [3.8, 4) is 0 Å². The second-order valence-corrected chi connectivity index (χ2v) is 4.57. The van der Waals surface area contributed by atoms with Crippen LogP contribution in [0.1, 0.15) is 30.1 Å². The van der Waals surface area contributed by atoms with Crippen LogP contribution < -0.4 is 11.1 Å². The molecule has 0 radical (unpaired) electrons. The molecule has 1 fully saturated rings. The van der Waals surface area contributed by atoms with E-state index in [0.29, 0.717) is 23.4 Å². The Hall–Kier alpha value is -1.56. The zero-order chi connectivity index (χ0) is 13.1. The van der Waals surface area contributed by atoms with Crippen molar-refractivity contribution in [1.29, 1.82) is 0 Å². The van der Waals surface area contributed by atoms with E-state index in [0.717, 1.165) is 24.2 Å². The number of aromatic nitrogens is 2. The van der Waals surface area contributed by atoms with Crippen LogP contribution in [0.3, 0.4) is 0 Å². The number of primary amides is 1. The molecule has 1 heterocycles. The highest BCUT2D eigenvalue weighted by Crippen LogP contribution is 2.39. The van der Waals surface area contributed by atoms with Crippen molar-refractivity contribution in [3.63, 3.8) is 0 Å². The van der Waals surface area contributed by atoms with E-state index in [1.54, 1.807) is 0 Å². The van der Waals surface area contributed by atoms with Gasteiger partial charge in [-0.15, -0.1) is 0 Å². The number of halogens is 1. The Morgan fingerprint density at radius 3 is 2.89 bits per heavy atom.